The number of amides is 2. The van der Waals surface area contributed by atoms with Crippen LogP contribution in [0.5, 0.6) is 0 Å². The Morgan fingerprint density at radius 1 is 1.23 bits per heavy atom. The molecule has 162 valence electrons. The zero-order valence-electron chi connectivity index (χ0n) is 17.7. The fraction of sp³-hybridized carbons (Fsp3) is 0.520. The maximum absolute atomic E-state index is 13.4. The van der Waals surface area contributed by atoms with Crippen LogP contribution in [0.15, 0.2) is 42.6 Å². The molecule has 2 aromatic rings. The van der Waals surface area contributed by atoms with E-state index in [9.17, 15) is 9.59 Å². The summed E-state index contributed by atoms with van der Waals surface area (Å²) < 4.78 is 6.27. The van der Waals surface area contributed by atoms with Crippen molar-refractivity contribution in [2.24, 2.45) is 11.8 Å². The molecule has 1 aliphatic carbocycles. The number of nitrogens with zero attached hydrogens (tertiary/aromatic N) is 1. The first-order chi connectivity index (χ1) is 15.1. The van der Waals surface area contributed by atoms with Crippen molar-refractivity contribution >= 4 is 22.7 Å². The Labute approximate surface area is 182 Å². The van der Waals surface area contributed by atoms with E-state index in [1.807, 2.05) is 35.4 Å². The van der Waals surface area contributed by atoms with E-state index in [0.717, 1.165) is 24.8 Å². The Morgan fingerprint density at radius 3 is 2.94 bits per heavy atom. The molecular weight excluding hydrogens is 390 g/mol. The van der Waals surface area contributed by atoms with Crippen molar-refractivity contribution in [3.63, 3.8) is 0 Å². The molecule has 0 unspecified atom stereocenters. The van der Waals surface area contributed by atoms with Gasteiger partial charge in [-0.15, -0.1) is 0 Å². The van der Waals surface area contributed by atoms with Crippen LogP contribution in [0.1, 0.15) is 37.7 Å². The van der Waals surface area contributed by atoms with Crippen LogP contribution in [0.3, 0.4) is 0 Å². The van der Waals surface area contributed by atoms with Gasteiger partial charge in [-0.05, 0) is 30.9 Å². The Kier molecular flexibility index (Phi) is 4.46. The number of likely N-dealkylation sites (tertiary alicyclic amines) is 1. The lowest BCUT2D eigenvalue weighted by molar-refractivity contribution is -0.137. The molecular formula is C25H29N3O3. The van der Waals surface area contributed by atoms with E-state index in [4.69, 9.17) is 4.74 Å². The van der Waals surface area contributed by atoms with E-state index in [0.29, 0.717) is 13.1 Å². The molecule has 1 saturated carbocycles. The lowest BCUT2D eigenvalue weighted by Crippen LogP contribution is -2.47. The average molecular weight is 420 g/mol. The van der Waals surface area contributed by atoms with Crippen LogP contribution >= 0.6 is 0 Å². The van der Waals surface area contributed by atoms with Gasteiger partial charge in [-0.3, -0.25) is 9.59 Å². The van der Waals surface area contributed by atoms with Crippen molar-refractivity contribution in [1.82, 2.24) is 15.2 Å². The molecule has 2 saturated heterocycles. The molecule has 2 amide bonds. The quantitative estimate of drug-likeness (QED) is 0.732. The number of fused-ring (bicyclic) bond motifs is 2. The number of para-hydroxylation sites is 1. The second-order valence-corrected chi connectivity index (χ2v) is 9.61. The van der Waals surface area contributed by atoms with E-state index in [1.54, 1.807) is 0 Å². The third-order valence-electron chi connectivity index (χ3n) is 7.76. The predicted molar refractivity (Wildman–Crippen MR) is 117 cm³/mol. The number of H-pyrrole nitrogens is 1. The van der Waals surface area contributed by atoms with E-state index >= 15 is 0 Å². The van der Waals surface area contributed by atoms with Crippen LogP contribution in [0.25, 0.3) is 10.9 Å². The van der Waals surface area contributed by atoms with E-state index in [-0.39, 0.29) is 24.0 Å². The second-order valence-electron chi connectivity index (χ2n) is 9.61. The highest BCUT2D eigenvalue weighted by molar-refractivity contribution is 5.93. The summed E-state index contributed by atoms with van der Waals surface area (Å²) in [4.78, 5) is 31.8. The van der Waals surface area contributed by atoms with Crippen LogP contribution in [0.2, 0.25) is 0 Å². The van der Waals surface area contributed by atoms with Crippen molar-refractivity contribution < 1.29 is 14.3 Å². The summed E-state index contributed by atoms with van der Waals surface area (Å²) in [6.45, 7) is 1.18. The van der Waals surface area contributed by atoms with Gasteiger partial charge in [-0.25, -0.2) is 0 Å². The minimum atomic E-state index is -0.628. The van der Waals surface area contributed by atoms with Crippen molar-refractivity contribution in [3.8, 4) is 0 Å². The number of hydrogen-bond acceptors (Lipinski definition) is 3. The third-order valence-corrected chi connectivity index (χ3v) is 7.76. The highest BCUT2D eigenvalue weighted by Crippen LogP contribution is 2.52. The molecule has 6 nitrogen and oxygen atoms in total. The molecule has 1 aromatic carbocycles. The number of benzene rings is 1. The zero-order valence-corrected chi connectivity index (χ0v) is 17.7. The van der Waals surface area contributed by atoms with Gasteiger partial charge in [0, 0.05) is 29.7 Å². The molecule has 3 fully saturated rings. The number of aromatic nitrogens is 1. The van der Waals surface area contributed by atoms with E-state index in [1.165, 1.54) is 30.2 Å². The van der Waals surface area contributed by atoms with Gasteiger partial charge in [-0.2, -0.15) is 0 Å². The Bertz CT molecular complexity index is 1050. The third kappa shape index (κ3) is 3.03. The number of carbonyl (C=O) groups is 2. The first-order valence-corrected chi connectivity index (χ1v) is 11.7. The maximum atomic E-state index is 13.4. The van der Waals surface area contributed by atoms with E-state index in [2.05, 4.69) is 22.4 Å². The minimum Gasteiger partial charge on any atom is -0.361 e. The molecule has 4 atom stereocenters. The molecule has 2 bridgehead atoms. The van der Waals surface area contributed by atoms with Crippen molar-refractivity contribution in [2.45, 2.75) is 56.3 Å². The van der Waals surface area contributed by atoms with Gasteiger partial charge >= 0.3 is 0 Å². The molecule has 31 heavy (non-hydrogen) atoms. The SMILES string of the molecule is O=C(NC1CCCCC1)[C@H]1[C@H]2C(=O)N(CCc3c[nH]c4ccccc34)C[C@]23C=C[C@H]1O3. The molecule has 4 heterocycles. The number of rotatable bonds is 5. The van der Waals surface area contributed by atoms with Gasteiger partial charge in [0.15, 0.2) is 0 Å². The second kappa shape index (κ2) is 7.23. The van der Waals surface area contributed by atoms with Crippen molar-refractivity contribution in [3.05, 3.63) is 48.2 Å². The lowest BCUT2D eigenvalue weighted by atomic mass is 9.76. The predicted octanol–water partition coefficient (Wildman–Crippen LogP) is 2.94. The molecule has 2 N–H and O–H groups in total. The van der Waals surface area contributed by atoms with Crippen LogP contribution in [-0.4, -0.2) is 52.5 Å². The molecule has 4 aliphatic rings. The number of carbonyl (C=O) groups excluding carboxylic acids is 2. The van der Waals surface area contributed by atoms with Crippen molar-refractivity contribution in [2.75, 3.05) is 13.1 Å². The van der Waals surface area contributed by atoms with Gasteiger partial charge in [0.25, 0.3) is 0 Å². The summed E-state index contributed by atoms with van der Waals surface area (Å²) in [6, 6.07) is 8.48. The Hall–Kier alpha value is -2.60. The van der Waals surface area contributed by atoms with Crippen molar-refractivity contribution in [1.29, 1.82) is 0 Å². The molecule has 1 spiro atoms. The minimum absolute atomic E-state index is 0.0000430. The molecule has 3 aliphatic heterocycles. The fourth-order valence-corrected chi connectivity index (χ4v) is 6.21. The first-order valence-electron chi connectivity index (χ1n) is 11.7. The van der Waals surface area contributed by atoms with Gasteiger partial charge in [0.05, 0.1) is 24.5 Å². The summed E-state index contributed by atoms with van der Waals surface area (Å²) in [5.41, 5.74) is 1.70. The topological polar surface area (TPSA) is 74.4 Å². The lowest BCUT2D eigenvalue weighted by Gasteiger charge is -2.28. The number of hydrogen-bond donors (Lipinski definition) is 2. The highest BCUT2D eigenvalue weighted by Gasteiger charge is 2.66. The normalized spacial score (nSPS) is 32.2. The largest absolute Gasteiger partial charge is 0.361 e. The number of nitrogens with one attached hydrogen (secondary N) is 2. The summed E-state index contributed by atoms with van der Waals surface area (Å²) >= 11 is 0. The van der Waals surface area contributed by atoms with E-state index < -0.39 is 17.4 Å². The summed E-state index contributed by atoms with van der Waals surface area (Å²) in [6.07, 6.45) is 12.3. The zero-order chi connectivity index (χ0) is 21.0. The van der Waals surface area contributed by atoms with Gasteiger partial charge < -0.3 is 19.9 Å². The van der Waals surface area contributed by atoms with Crippen LogP contribution in [-0.2, 0) is 20.7 Å². The summed E-state index contributed by atoms with van der Waals surface area (Å²) in [5.74, 6) is -0.734. The van der Waals surface area contributed by atoms with Crippen LogP contribution < -0.4 is 5.32 Å². The van der Waals surface area contributed by atoms with Gasteiger partial charge in [0.1, 0.15) is 5.60 Å². The number of aromatic amines is 1. The van der Waals surface area contributed by atoms with Crippen LogP contribution in [0, 0.1) is 11.8 Å². The average Bonchev–Trinajstić information content (AvgIpc) is 3.53. The van der Waals surface area contributed by atoms with Gasteiger partial charge in [-0.1, -0.05) is 49.6 Å². The Morgan fingerprint density at radius 2 is 2.06 bits per heavy atom. The molecule has 6 rings (SSSR count). The van der Waals surface area contributed by atoms with Crippen LogP contribution in [0.4, 0.5) is 0 Å². The molecule has 6 heteroatoms. The highest BCUT2D eigenvalue weighted by atomic mass is 16.5. The summed E-state index contributed by atoms with van der Waals surface area (Å²) in [7, 11) is 0. The maximum Gasteiger partial charge on any atom is 0.230 e. The first kappa shape index (κ1) is 19.1. The monoisotopic (exact) mass is 419 g/mol. The standard InChI is InChI=1S/C25H29N3O3/c29-23(27-17-6-2-1-3-7-17)21-20-10-12-25(31-20)15-28(24(30)22(21)25)13-11-16-14-26-19-9-5-4-8-18(16)19/h4-5,8-10,12,14,17,20-22,26H,1-3,6-7,11,13,15H2,(H,27,29)/t20-,21-,22+,25-/m1/s1. The molecule has 1 aromatic heterocycles. The number of ether oxygens (including phenoxy) is 1. The summed E-state index contributed by atoms with van der Waals surface area (Å²) in [5, 5.41) is 4.44. The molecule has 0 radical (unpaired) electrons. The fourth-order valence-electron chi connectivity index (χ4n) is 6.21. The smallest absolute Gasteiger partial charge is 0.230 e. The Balaban J connectivity index is 1.17. The van der Waals surface area contributed by atoms with Gasteiger partial charge in [0.2, 0.25) is 11.8 Å².